The summed E-state index contributed by atoms with van der Waals surface area (Å²) in [6, 6.07) is 8.32. The maximum absolute atomic E-state index is 11.9. The number of fused-ring (bicyclic) bond motifs is 1. The summed E-state index contributed by atoms with van der Waals surface area (Å²) in [5.41, 5.74) is 1.01. The number of para-hydroxylation sites is 1. The number of nitrogens with one attached hydrogen (secondary N) is 1. The van der Waals surface area contributed by atoms with Gasteiger partial charge in [-0.15, -0.1) is 0 Å². The van der Waals surface area contributed by atoms with Crippen molar-refractivity contribution >= 4 is 16.8 Å². The lowest BCUT2D eigenvalue weighted by molar-refractivity contribution is -0.122. The van der Waals surface area contributed by atoms with Gasteiger partial charge in [-0.25, -0.2) is 0 Å². The summed E-state index contributed by atoms with van der Waals surface area (Å²) in [7, 11) is 0. The molecule has 1 saturated carbocycles. The number of hydrogen-bond acceptors (Lipinski definition) is 2. The molecule has 1 heterocycles. The minimum Gasteiger partial charge on any atom is -0.352 e. The van der Waals surface area contributed by atoms with Gasteiger partial charge in [-0.05, 0) is 18.9 Å². The van der Waals surface area contributed by atoms with Crippen LogP contribution in [0.3, 0.4) is 0 Å². The van der Waals surface area contributed by atoms with Crippen LogP contribution < -0.4 is 5.32 Å². The second kappa shape index (κ2) is 4.80. The van der Waals surface area contributed by atoms with E-state index in [0.29, 0.717) is 12.6 Å². The van der Waals surface area contributed by atoms with E-state index < -0.39 is 0 Å². The third kappa shape index (κ3) is 2.23. The highest BCUT2D eigenvalue weighted by atomic mass is 16.2. The average molecular weight is 243 g/mol. The molecule has 4 heteroatoms. The zero-order valence-electron chi connectivity index (χ0n) is 10.3. The SMILES string of the molecule is O=C(Cn1ncc2ccccc21)NC1CCCC1. The molecule has 4 nitrogen and oxygen atoms in total. The Bertz CT molecular complexity index is 555. The topological polar surface area (TPSA) is 46.9 Å². The van der Waals surface area contributed by atoms with Gasteiger partial charge in [0.15, 0.2) is 0 Å². The summed E-state index contributed by atoms with van der Waals surface area (Å²) in [4.78, 5) is 11.9. The van der Waals surface area contributed by atoms with Crippen LogP contribution in [-0.4, -0.2) is 21.7 Å². The highest BCUT2D eigenvalue weighted by Gasteiger charge is 2.17. The Balaban J connectivity index is 1.70. The third-order valence-electron chi connectivity index (χ3n) is 3.56. The summed E-state index contributed by atoms with van der Waals surface area (Å²) in [6.07, 6.45) is 6.50. The molecule has 1 N–H and O–H groups in total. The van der Waals surface area contributed by atoms with Gasteiger partial charge in [0.2, 0.25) is 5.91 Å². The van der Waals surface area contributed by atoms with Gasteiger partial charge in [0.25, 0.3) is 0 Å². The Hall–Kier alpha value is -1.84. The van der Waals surface area contributed by atoms with E-state index in [9.17, 15) is 4.79 Å². The van der Waals surface area contributed by atoms with Crippen LogP contribution in [0.4, 0.5) is 0 Å². The van der Waals surface area contributed by atoms with Gasteiger partial charge >= 0.3 is 0 Å². The molecule has 94 valence electrons. The Morgan fingerprint density at radius 2 is 2.11 bits per heavy atom. The highest BCUT2D eigenvalue weighted by molar-refractivity contribution is 5.82. The number of amides is 1. The summed E-state index contributed by atoms with van der Waals surface area (Å²) in [6.45, 7) is 0.310. The van der Waals surface area contributed by atoms with Crippen LogP contribution in [0.5, 0.6) is 0 Å². The van der Waals surface area contributed by atoms with Gasteiger partial charge in [-0.1, -0.05) is 31.0 Å². The molecular weight excluding hydrogens is 226 g/mol. The van der Waals surface area contributed by atoms with Gasteiger partial charge in [-0.2, -0.15) is 5.10 Å². The van der Waals surface area contributed by atoms with Crippen LogP contribution in [0.15, 0.2) is 30.5 Å². The molecule has 0 unspecified atom stereocenters. The molecular formula is C14H17N3O. The predicted octanol–water partition coefficient (Wildman–Crippen LogP) is 2.10. The lowest BCUT2D eigenvalue weighted by atomic mass is 10.2. The maximum Gasteiger partial charge on any atom is 0.241 e. The molecule has 1 fully saturated rings. The smallest absolute Gasteiger partial charge is 0.241 e. The Morgan fingerprint density at radius 1 is 1.33 bits per heavy atom. The summed E-state index contributed by atoms with van der Waals surface area (Å²) >= 11 is 0. The normalized spacial score (nSPS) is 16.2. The Morgan fingerprint density at radius 3 is 2.94 bits per heavy atom. The number of carbonyl (C=O) groups excluding carboxylic acids is 1. The highest BCUT2D eigenvalue weighted by Crippen LogP contribution is 2.17. The van der Waals surface area contributed by atoms with Crippen LogP contribution in [-0.2, 0) is 11.3 Å². The lowest BCUT2D eigenvalue weighted by Gasteiger charge is -2.12. The molecule has 18 heavy (non-hydrogen) atoms. The van der Waals surface area contributed by atoms with Crippen molar-refractivity contribution in [2.45, 2.75) is 38.3 Å². The quantitative estimate of drug-likeness (QED) is 0.897. The molecule has 2 aromatic rings. The number of rotatable bonds is 3. The lowest BCUT2D eigenvalue weighted by Crippen LogP contribution is -2.35. The standard InChI is InChI=1S/C14H17N3O/c18-14(16-12-6-2-3-7-12)10-17-13-8-4-1-5-11(13)9-15-17/h1,4-5,8-9,12H,2-3,6-7,10H2,(H,16,18). The molecule has 1 aromatic carbocycles. The molecule has 0 spiro atoms. The minimum absolute atomic E-state index is 0.0655. The fourth-order valence-corrected chi connectivity index (χ4v) is 2.63. The zero-order chi connectivity index (χ0) is 12.4. The fourth-order valence-electron chi connectivity index (χ4n) is 2.63. The first-order valence-electron chi connectivity index (χ1n) is 6.53. The molecule has 0 aliphatic heterocycles. The molecule has 3 rings (SSSR count). The van der Waals surface area contributed by atoms with Crippen LogP contribution >= 0.6 is 0 Å². The van der Waals surface area contributed by atoms with Gasteiger partial charge in [0, 0.05) is 11.4 Å². The van der Waals surface area contributed by atoms with Crippen molar-refractivity contribution in [2.24, 2.45) is 0 Å². The summed E-state index contributed by atoms with van der Waals surface area (Å²) in [5, 5.41) is 8.42. The van der Waals surface area contributed by atoms with Crippen LogP contribution in [0, 0.1) is 0 Å². The molecule has 1 aliphatic rings. The van der Waals surface area contributed by atoms with E-state index in [0.717, 1.165) is 23.7 Å². The molecule has 0 atom stereocenters. The fraction of sp³-hybridized carbons (Fsp3) is 0.429. The number of hydrogen-bond donors (Lipinski definition) is 1. The monoisotopic (exact) mass is 243 g/mol. The van der Waals surface area contributed by atoms with E-state index in [4.69, 9.17) is 0 Å². The largest absolute Gasteiger partial charge is 0.352 e. The number of benzene rings is 1. The number of carbonyl (C=O) groups is 1. The average Bonchev–Trinajstić information content (AvgIpc) is 3.00. The van der Waals surface area contributed by atoms with Gasteiger partial charge < -0.3 is 5.32 Å². The van der Waals surface area contributed by atoms with Gasteiger partial charge in [0.05, 0.1) is 11.7 Å². The summed E-state index contributed by atoms with van der Waals surface area (Å²) < 4.78 is 1.76. The van der Waals surface area contributed by atoms with E-state index in [1.165, 1.54) is 12.8 Å². The van der Waals surface area contributed by atoms with Gasteiger partial charge in [-0.3, -0.25) is 9.48 Å². The molecule has 0 bridgehead atoms. The Kier molecular flexibility index (Phi) is 3.00. The number of aromatic nitrogens is 2. The molecule has 1 amide bonds. The van der Waals surface area contributed by atoms with Crippen molar-refractivity contribution < 1.29 is 4.79 Å². The zero-order valence-corrected chi connectivity index (χ0v) is 10.3. The van der Waals surface area contributed by atoms with Gasteiger partial charge in [0.1, 0.15) is 6.54 Å². The van der Waals surface area contributed by atoms with Crippen molar-refractivity contribution in [3.8, 4) is 0 Å². The van der Waals surface area contributed by atoms with E-state index in [1.54, 1.807) is 10.9 Å². The van der Waals surface area contributed by atoms with Crippen molar-refractivity contribution in [3.05, 3.63) is 30.5 Å². The van der Waals surface area contributed by atoms with E-state index in [1.807, 2.05) is 24.3 Å². The second-order valence-corrected chi connectivity index (χ2v) is 4.91. The van der Waals surface area contributed by atoms with Crippen molar-refractivity contribution in [2.75, 3.05) is 0 Å². The number of nitrogens with zero attached hydrogens (tertiary/aromatic N) is 2. The minimum atomic E-state index is 0.0655. The van der Waals surface area contributed by atoms with E-state index in [2.05, 4.69) is 10.4 Å². The first-order chi connectivity index (χ1) is 8.83. The van der Waals surface area contributed by atoms with Crippen LogP contribution in [0.25, 0.3) is 10.9 Å². The van der Waals surface area contributed by atoms with Crippen molar-refractivity contribution in [1.82, 2.24) is 15.1 Å². The predicted molar refractivity (Wildman–Crippen MR) is 70.1 cm³/mol. The van der Waals surface area contributed by atoms with E-state index in [-0.39, 0.29) is 5.91 Å². The van der Waals surface area contributed by atoms with E-state index >= 15 is 0 Å². The Labute approximate surface area is 106 Å². The molecule has 0 radical (unpaired) electrons. The first kappa shape index (κ1) is 11.3. The maximum atomic E-state index is 11.9. The molecule has 1 aliphatic carbocycles. The van der Waals surface area contributed by atoms with Crippen molar-refractivity contribution in [1.29, 1.82) is 0 Å². The molecule has 1 aromatic heterocycles. The third-order valence-corrected chi connectivity index (χ3v) is 3.56. The first-order valence-corrected chi connectivity index (χ1v) is 6.53. The molecule has 0 saturated heterocycles. The second-order valence-electron chi connectivity index (χ2n) is 4.91. The van der Waals surface area contributed by atoms with Crippen molar-refractivity contribution in [3.63, 3.8) is 0 Å². The van der Waals surface area contributed by atoms with Crippen LogP contribution in [0.1, 0.15) is 25.7 Å². The van der Waals surface area contributed by atoms with Crippen LogP contribution in [0.2, 0.25) is 0 Å². The summed E-state index contributed by atoms with van der Waals surface area (Å²) in [5.74, 6) is 0.0655.